The fraction of sp³-hybridized carbons (Fsp3) is 0.292. The summed E-state index contributed by atoms with van der Waals surface area (Å²) in [6.07, 6.45) is 0.463. The number of rotatable bonds is 10. The molecule has 0 aliphatic heterocycles. The molecular formula is C24H28ClN5O4. The van der Waals surface area contributed by atoms with Crippen LogP contribution in [0, 0.1) is 6.92 Å². The third kappa shape index (κ3) is 6.06. The number of anilines is 3. The van der Waals surface area contributed by atoms with Crippen LogP contribution >= 0.6 is 11.6 Å². The van der Waals surface area contributed by atoms with Gasteiger partial charge in [-0.3, -0.25) is 19.1 Å². The number of hydrogen-bond acceptors (Lipinski definition) is 6. The van der Waals surface area contributed by atoms with Crippen LogP contribution < -0.4 is 27.2 Å². The molecule has 34 heavy (non-hydrogen) atoms. The number of carbonyl (C=O) groups excluding carboxylic acids is 1. The monoisotopic (exact) mass is 485 g/mol. The predicted molar refractivity (Wildman–Crippen MR) is 135 cm³/mol. The van der Waals surface area contributed by atoms with Gasteiger partial charge in [0.25, 0.3) is 5.56 Å². The molecule has 9 nitrogen and oxygen atoms in total. The Kier molecular flexibility index (Phi) is 8.50. The maximum atomic E-state index is 13.2. The van der Waals surface area contributed by atoms with Gasteiger partial charge in [0.05, 0.1) is 23.8 Å². The van der Waals surface area contributed by atoms with Crippen LogP contribution in [-0.4, -0.2) is 42.3 Å². The Balaban J connectivity index is 1.94. The van der Waals surface area contributed by atoms with Gasteiger partial charge in [-0.25, -0.2) is 4.79 Å². The Morgan fingerprint density at radius 2 is 1.94 bits per heavy atom. The Morgan fingerprint density at radius 1 is 1.21 bits per heavy atom. The van der Waals surface area contributed by atoms with E-state index < -0.39 is 17.2 Å². The normalized spacial score (nSPS) is 10.8. The van der Waals surface area contributed by atoms with Crippen molar-refractivity contribution in [2.45, 2.75) is 19.9 Å². The molecule has 0 unspecified atom stereocenters. The number of aryl methyl sites for hydroxylation is 1. The SMILES string of the molecule is COCCCN(C(=O)CNc1ccc(C)cc1Cl)c1c(N)n(Cc2ccccc2)c(=O)[nH]c1=O. The number of nitrogens with zero attached hydrogens (tertiary/aromatic N) is 2. The molecule has 1 amide bonds. The summed E-state index contributed by atoms with van der Waals surface area (Å²) < 4.78 is 6.35. The molecule has 0 bridgehead atoms. The second-order valence-electron chi connectivity index (χ2n) is 7.79. The van der Waals surface area contributed by atoms with Crippen molar-refractivity contribution in [1.29, 1.82) is 0 Å². The lowest BCUT2D eigenvalue weighted by Gasteiger charge is -2.25. The van der Waals surface area contributed by atoms with E-state index in [1.54, 1.807) is 19.2 Å². The first kappa shape index (κ1) is 25.1. The molecule has 1 aromatic heterocycles. The third-order valence-electron chi connectivity index (χ3n) is 5.25. The lowest BCUT2D eigenvalue weighted by atomic mass is 10.2. The lowest BCUT2D eigenvalue weighted by Crippen LogP contribution is -2.44. The van der Waals surface area contributed by atoms with E-state index in [1.165, 1.54) is 9.47 Å². The number of carbonyl (C=O) groups is 1. The summed E-state index contributed by atoms with van der Waals surface area (Å²) in [4.78, 5) is 42.1. The van der Waals surface area contributed by atoms with E-state index in [2.05, 4.69) is 10.3 Å². The van der Waals surface area contributed by atoms with Crippen molar-refractivity contribution in [3.63, 3.8) is 0 Å². The van der Waals surface area contributed by atoms with E-state index in [0.717, 1.165) is 11.1 Å². The van der Waals surface area contributed by atoms with Crippen molar-refractivity contribution in [1.82, 2.24) is 9.55 Å². The van der Waals surface area contributed by atoms with Crippen LogP contribution in [0.1, 0.15) is 17.5 Å². The zero-order chi connectivity index (χ0) is 24.7. The Bertz CT molecular complexity index is 1260. The minimum absolute atomic E-state index is 0.0755. The third-order valence-corrected chi connectivity index (χ3v) is 5.57. The van der Waals surface area contributed by atoms with Crippen LogP contribution in [-0.2, 0) is 16.1 Å². The molecule has 0 aliphatic rings. The van der Waals surface area contributed by atoms with Gasteiger partial charge in [-0.2, -0.15) is 0 Å². The van der Waals surface area contributed by atoms with Gasteiger partial charge in [0, 0.05) is 20.3 Å². The largest absolute Gasteiger partial charge is 0.385 e. The van der Waals surface area contributed by atoms with E-state index in [4.69, 9.17) is 22.1 Å². The highest BCUT2D eigenvalue weighted by Gasteiger charge is 2.24. The Hall–Kier alpha value is -3.56. The molecule has 0 atom stereocenters. The van der Waals surface area contributed by atoms with Crippen molar-refractivity contribution < 1.29 is 9.53 Å². The molecule has 0 radical (unpaired) electrons. The molecule has 0 saturated carbocycles. The Morgan fingerprint density at radius 3 is 2.62 bits per heavy atom. The smallest absolute Gasteiger partial charge is 0.330 e. The number of ether oxygens (including phenoxy) is 1. The average molecular weight is 486 g/mol. The number of hydrogen-bond donors (Lipinski definition) is 3. The highest BCUT2D eigenvalue weighted by molar-refractivity contribution is 6.33. The molecule has 4 N–H and O–H groups in total. The lowest BCUT2D eigenvalue weighted by molar-refractivity contribution is -0.117. The van der Waals surface area contributed by atoms with Crippen LogP contribution in [0.3, 0.4) is 0 Å². The molecule has 1 heterocycles. The van der Waals surface area contributed by atoms with E-state index in [9.17, 15) is 14.4 Å². The number of halogens is 1. The summed E-state index contributed by atoms with van der Waals surface area (Å²) in [5.74, 6) is -0.494. The highest BCUT2D eigenvalue weighted by atomic mass is 35.5. The second-order valence-corrected chi connectivity index (χ2v) is 8.20. The summed E-state index contributed by atoms with van der Waals surface area (Å²) in [7, 11) is 1.55. The van der Waals surface area contributed by atoms with Gasteiger partial charge in [-0.05, 0) is 36.6 Å². The molecular weight excluding hydrogens is 458 g/mol. The first-order chi connectivity index (χ1) is 16.3. The second kappa shape index (κ2) is 11.5. The predicted octanol–water partition coefficient (Wildman–Crippen LogP) is 2.61. The minimum Gasteiger partial charge on any atom is -0.385 e. The van der Waals surface area contributed by atoms with Crippen molar-refractivity contribution in [2.75, 3.05) is 42.8 Å². The maximum Gasteiger partial charge on any atom is 0.330 e. The first-order valence-corrected chi connectivity index (χ1v) is 11.2. The number of aromatic nitrogens is 2. The van der Waals surface area contributed by atoms with Crippen molar-refractivity contribution >= 4 is 34.7 Å². The van der Waals surface area contributed by atoms with E-state index in [-0.39, 0.29) is 31.1 Å². The Labute approximate surface area is 202 Å². The van der Waals surface area contributed by atoms with Gasteiger partial charge in [0.1, 0.15) is 5.82 Å². The number of nitrogen functional groups attached to an aromatic ring is 1. The molecule has 10 heteroatoms. The van der Waals surface area contributed by atoms with E-state index in [1.807, 2.05) is 43.3 Å². The van der Waals surface area contributed by atoms with Crippen LogP contribution in [0.2, 0.25) is 5.02 Å². The molecule has 0 aliphatic carbocycles. The number of methoxy groups -OCH3 is 1. The maximum absolute atomic E-state index is 13.2. The van der Waals surface area contributed by atoms with E-state index >= 15 is 0 Å². The van der Waals surface area contributed by atoms with Gasteiger partial charge in [-0.15, -0.1) is 0 Å². The quantitative estimate of drug-likeness (QED) is 0.379. The standard InChI is InChI=1S/C24H28ClN5O4/c1-16-9-10-19(18(25)13-16)27-14-20(31)29(11-6-12-34-2)21-22(26)30(24(33)28-23(21)32)15-17-7-4-3-5-8-17/h3-5,7-10,13,27H,6,11-12,14-15,26H2,1-2H3,(H,28,32,33). The highest BCUT2D eigenvalue weighted by Crippen LogP contribution is 2.23. The van der Waals surface area contributed by atoms with Crippen LogP contribution in [0.15, 0.2) is 58.1 Å². The van der Waals surface area contributed by atoms with Gasteiger partial charge < -0.3 is 20.7 Å². The van der Waals surface area contributed by atoms with Gasteiger partial charge >= 0.3 is 5.69 Å². The van der Waals surface area contributed by atoms with Crippen molar-refractivity contribution in [3.05, 3.63) is 85.5 Å². The van der Waals surface area contributed by atoms with Crippen molar-refractivity contribution in [3.8, 4) is 0 Å². The molecule has 3 rings (SSSR count). The number of benzene rings is 2. The summed E-state index contributed by atoms with van der Waals surface area (Å²) in [5.41, 5.74) is 7.25. The first-order valence-electron chi connectivity index (χ1n) is 10.8. The molecule has 0 fully saturated rings. The molecule has 0 spiro atoms. The molecule has 180 valence electrons. The average Bonchev–Trinajstić information content (AvgIpc) is 2.80. The number of H-pyrrole nitrogens is 1. The van der Waals surface area contributed by atoms with Gasteiger partial charge in [0.15, 0.2) is 5.69 Å². The topological polar surface area (TPSA) is 122 Å². The van der Waals surface area contributed by atoms with Crippen molar-refractivity contribution in [2.24, 2.45) is 0 Å². The fourth-order valence-corrected chi connectivity index (χ4v) is 3.82. The zero-order valence-electron chi connectivity index (χ0n) is 19.1. The zero-order valence-corrected chi connectivity index (χ0v) is 19.9. The molecule has 2 aromatic carbocycles. The summed E-state index contributed by atoms with van der Waals surface area (Å²) >= 11 is 6.26. The number of aromatic amines is 1. The summed E-state index contributed by atoms with van der Waals surface area (Å²) in [6.45, 7) is 2.48. The molecule has 3 aromatic rings. The minimum atomic E-state index is -0.731. The summed E-state index contributed by atoms with van der Waals surface area (Å²) in [6, 6.07) is 14.7. The number of nitrogens with two attached hydrogens (primary N) is 1. The summed E-state index contributed by atoms with van der Waals surface area (Å²) in [5, 5.41) is 3.49. The van der Waals surface area contributed by atoms with Gasteiger partial charge in [0.2, 0.25) is 5.91 Å². The van der Waals surface area contributed by atoms with Crippen LogP contribution in [0.4, 0.5) is 17.2 Å². The van der Waals surface area contributed by atoms with Crippen LogP contribution in [0.5, 0.6) is 0 Å². The fourth-order valence-electron chi connectivity index (χ4n) is 3.52. The van der Waals surface area contributed by atoms with E-state index in [0.29, 0.717) is 23.7 Å². The van der Waals surface area contributed by atoms with Gasteiger partial charge in [-0.1, -0.05) is 48.0 Å². The number of amides is 1. The molecule has 0 saturated heterocycles. The van der Waals surface area contributed by atoms with Crippen LogP contribution in [0.25, 0.3) is 0 Å². The number of nitrogens with one attached hydrogen (secondary N) is 2.